The summed E-state index contributed by atoms with van der Waals surface area (Å²) >= 11 is 0. The van der Waals surface area contributed by atoms with Gasteiger partial charge in [-0.05, 0) is 37.6 Å². The van der Waals surface area contributed by atoms with Gasteiger partial charge in [-0.15, -0.1) is 0 Å². The molecule has 1 fully saturated rings. The minimum absolute atomic E-state index is 0.758. The predicted octanol–water partition coefficient (Wildman–Crippen LogP) is 1.82. The fourth-order valence-electron chi connectivity index (χ4n) is 2.79. The van der Waals surface area contributed by atoms with Gasteiger partial charge in [0.05, 0.1) is 7.11 Å². The van der Waals surface area contributed by atoms with Gasteiger partial charge in [0.2, 0.25) is 0 Å². The maximum absolute atomic E-state index is 5.23. The van der Waals surface area contributed by atoms with Gasteiger partial charge in [-0.1, -0.05) is 0 Å². The van der Waals surface area contributed by atoms with Crippen molar-refractivity contribution in [3.8, 4) is 5.75 Å². The quantitative estimate of drug-likeness (QED) is 0.468. The van der Waals surface area contributed by atoms with Gasteiger partial charge in [0.1, 0.15) is 5.75 Å². The van der Waals surface area contributed by atoms with Gasteiger partial charge in [0, 0.05) is 58.7 Å². The summed E-state index contributed by atoms with van der Waals surface area (Å²) in [4.78, 5) is 9.46. The first-order chi connectivity index (χ1) is 11.8. The molecule has 0 atom stereocenters. The van der Waals surface area contributed by atoms with Crippen molar-refractivity contribution < 1.29 is 9.47 Å². The van der Waals surface area contributed by atoms with Crippen molar-refractivity contribution in [2.75, 3.05) is 65.0 Å². The molecular weight excluding hydrogens is 304 g/mol. The van der Waals surface area contributed by atoms with E-state index in [9.17, 15) is 0 Å². The molecule has 1 heterocycles. The van der Waals surface area contributed by atoms with Gasteiger partial charge in [-0.3, -0.25) is 4.99 Å². The highest BCUT2D eigenvalue weighted by molar-refractivity contribution is 5.80. The van der Waals surface area contributed by atoms with E-state index in [-0.39, 0.29) is 0 Å². The van der Waals surface area contributed by atoms with E-state index in [4.69, 9.17) is 14.5 Å². The maximum Gasteiger partial charge on any atom is 0.194 e. The van der Waals surface area contributed by atoms with Gasteiger partial charge >= 0.3 is 0 Å². The number of rotatable bonds is 7. The Morgan fingerprint density at radius 1 is 1.12 bits per heavy atom. The highest BCUT2D eigenvalue weighted by atomic mass is 16.5. The number of nitrogens with one attached hydrogen (secondary N) is 1. The number of hydrogen-bond acceptors (Lipinski definition) is 4. The van der Waals surface area contributed by atoms with Gasteiger partial charge in [0.15, 0.2) is 5.96 Å². The summed E-state index contributed by atoms with van der Waals surface area (Å²) < 4.78 is 10.3. The summed E-state index contributed by atoms with van der Waals surface area (Å²) in [6.45, 7) is 8.50. The summed E-state index contributed by atoms with van der Waals surface area (Å²) in [5.74, 6) is 1.91. The lowest BCUT2D eigenvalue weighted by atomic mass is 10.2. The molecular formula is C18H30N4O2. The number of aliphatic imine (C=N–C) groups is 1. The first kappa shape index (κ1) is 18.4. The smallest absolute Gasteiger partial charge is 0.194 e. The number of piperazine rings is 1. The number of anilines is 1. The third kappa shape index (κ3) is 5.30. The molecule has 6 nitrogen and oxygen atoms in total. The number of ether oxygens (including phenoxy) is 2. The molecule has 1 aliphatic heterocycles. The van der Waals surface area contributed by atoms with E-state index in [1.54, 1.807) is 14.2 Å². The zero-order valence-corrected chi connectivity index (χ0v) is 15.1. The Morgan fingerprint density at radius 3 is 2.42 bits per heavy atom. The molecule has 0 amide bonds. The maximum atomic E-state index is 5.23. The van der Waals surface area contributed by atoms with E-state index >= 15 is 0 Å². The lowest BCUT2D eigenvalue weighted by molar-refractivity contribution is 0.197. The van der Waals surface area contributed by atoms with E-state index < -0.39 is 0 Å². The van der Waals surface area contributed by atoms with Crippen LogP contribution in [0.25, 0.3) is 0 Å². The molecule has 2 rings (SSSR count). The molecule has 1 aromatic rings. The van der Waals surface area contributed by atoms with Gasteiger partial charge < -0.3 is 24.6 Å². The van der Waals surface area contributed by atoms with Crippen molar-refractivity contribution in [2.45, 2.75) is 13.3 Å². The topological polar surface area (TPSA) is 49.3 Å². The number of guanidine groups is 1. The molecule has 6 heteroatoms. The molecule has 1 aromatic carbocycles. The zero-order chi connectivity index (χ0) is 17.2. The summed E-state index contributed by atoms with van der Waals surface area (Å²) in [6, 6.07) is 8.28. The lowest BCUT2D eigenvalue weighted by Crippen LogP contribution is -2.52. The molecule has 1 aliphatic rings. The second-order valence-electron chi connectivity index (χ2n) is 5.75. The van der Waals surface area contributed by atoms with Crippen LogP contribution in [0.4, 0.5) is 5.69 Å². The number of methoxy groups -OCH3 is 2. The van der Waals surface area contributed by atoms with Crippen LogP contribution in [0.5, 0.6) is 5.75 Å². The van der Waals surface area contributed by atoms with Crippen LogP contribution >= 0.6 is 0 Å². The molecule has 0 bridgehead atoms. The Hall–Kier alpha value is -1.95. The highest BCUT2D eigenvalue weighted by Crippen LogP contribution is 2.20. The normalized spacial score (nSPS) is 15.5. The van der Waals surface area contributed by atoms with E-state index in [0.29, 0.717) is 0 Å². The SMILES string of the molecule is CCNC(=NCCCOC)N1CCN(c2ccc(OC)cc2)CC1. The predicted molar refractivity (Wildman–Crippen MR) is 99.3 cm³/mol. The molecule has 134 valence electrons. The Morgan fingerprint density at radius 2 is 1.83 bits per heavy atom. The average molecular weight is 334 g/mol. The Balaban J connectivity index is 1.88. The molecule has 0 radical (unpaired) electrons. The summed E-state index contributed by atoms with van der Waals surface area (Å²) in [5, 5.41) is 3.40. The van der Waals surface area contributed by atoms with E-state index in [2.05, 4.69) is 34.2 Å². The fourth-order valence-corrected chi connectivity index (χ4v) is 2.79. The molecule has 0 aliphatic carbocycles. The Labute approximate surface area is 145 Å². The van der Waals surface area contributed by atoms with Gasteiger partial charge in [-0.25, -0.2) is 0 Å². The van der Waals surface area contributed by atoms with Crippen LogP contribution in [0.15, 0.2) is 29.3 Å². The second-order valence-corrected chi connectivity index (χ2v) is 5.75. The molecule has 0 aromatic heterocycles. The van der Waals surface area contributed by atoms with Crippen LogP contribution in [-0.4, -0.2) is 71.0 Å². The van der Waals surface area contributed by atoms with Crippen LogP contribution in [0.1, 0.15) is 13.3 Å². The molecule has 0 unspecified atom stereocenters. The van der Waals surface area contributed by atoms with Crippen molar-refractivity contribution in [1.29, 1.82) is 0 Å². The molecule has 24 heavy (non-hydrogen) atoms. The van der Waals surface area contributed by atoms with Gasteiger partial charge in [-0.2, -0.15) is 0 Å². The van der Waals surface area contributed by atoms with Crippen molar-refractivity contribution >= 4 is 11.6 Å². The lowest BCUT2D eigenvalue weighted by Gasteiger charge is -2.37. The number of nitrogens with zero attached hydrogens (tertiary/aromatic N) is 3. The minimum Gasteiger partial charge on any atom is -0.497 e. The van der Waals surface area contributed by atoms with Crippen molar-refractivity contribution in [2.24, 2.45) is 4.99 Å². The third-order valence-electron chi connectivity index (χ3n) is 4.12. The fraction of sp³-hybridized carbons (Fsp3) is 0.611. The monoisotopic (exact) mass is 334 g/mol. The third-order valence-corrected chi connectivity index (χ3v) is 4.12. The van der Waals surface area contributed by atoms with E-state index in [1.807, 2.05) is 12.1 Å². The zero-order valence-electron chi connectivity index (χ0n) is 15.1. The van der Waals surface area contributed by atoms with Crippen molar-refractivity contribution in [1.82, 2.24) is 10.2 Å². The van der Waals surface area contributed by atoms with Crippen LogP contribution in [0, 0.1) is 0 Å². The Bertz CT molecular complexity index is 496. The summed E-state index contributed by atoms with van der Waals surface area (Å²) in [7, 11) is 3.43. The first-order valence-corrected chi connectivity index (χ1v) is 8.69. The van der Waals surface area contributed by atoms with Crippen LogP contribution in [0.2, 0.25) is 0 Å². The molecule has 1 saturated heterocycles. The molecule has 0 spiro atoms. The van der Waals surface area contributed by atoms with Crippen LogP contribution in [0.3, 0.4) is 0 Å². The van der Waals surface area contributed by atoms with Crippen LogP contribution < -0.4 is 15.0 Å². The first-order valence-electron chi connectivity index (χ1n) is 8.69. The van der Waals surface area contributed by atoms with E-state index in [0.717, 1.165) is 64.0 Å². The van der Waals surface area contributed by atoms with Gasteiger partial charge in [0.25, 0.3) is 0 Å². The van der Waals surface area contributed by atoms with Crippen LogP contribution in [-0.2, 0) is 4.74 Å². The second kappa shape index (κ2) is 10.0. The minimum atomic E-state index is 0.758. The number of hydrogen-bond donors (Lipinski definition) is 1. The molecule has 0 saturated carbocycles. The van der Waals surface area contributed by atoms with Crippen molar-refractivity contribution in [3.63, 3.8) is 0 Å². The summed E-state index contributed by atoms with van der Waals surface area (Å²) in [6.07, 6.45) is 0.956. The summed E-state index contributed by atoms with van der Waals surface area (Å²) in [5.41, 5.74) is 1.25. The Kier molecular flexibility index (Phi) is 7.68. The largest absolute Gasteiger partial charge is 0.497 e. The standard InChI is InChI=1S/C18H30N4O2/c1-4-19-18(20-10-5-15-23-2)22-13-11-21(12-14-22)16-6-8-17(24-3)9-7-16/h6-9H,4-5,10-15H2,1-3H3,(H,19,20). The molecule has 1 N–H and O–H groups in total. The highest BCUT2D eigenvalue weighted by Gasteiger charge is 2.19. The average Bonchev–Trinajstić information content (AvgIpc) is 2.64. The van der Waals surface area contributed by atoms with Crippen molar-refractivity contribution in [3.05, 3.63) is 24.3 Å². The van der Waals surface area contributed by atoms with E-state index in [1.165, 1.54) is 5.69 Å². The number of benzene rings is 1.